The summed E-state index contributed by atoms with van der Waals surface area (Å²) < 4.78 is 4.85. The molecule has 0 aromatic heterocycles. The number of phenols is 1. The lowest BCUT2D eigenvalue weighted by Crippen LogP contribution is -2.46. The van der Waals surface area contributed by atoms with Crippen LogP contribution in [0.4, 0.5) is 11.4 Å². The molecule has 33 heavy (non-hydrogen) atoms. The number of nitrogens with zero attached hydrogens (tertiary/aromatic N) is 2. The molecular formula is C25H29N3O5. The molecule has 2 aromatic carbocycles. The van der Waals surface area contributed by atoms with Gasteiger partial charge in [-0.05, 0) is 54.8 Å². The van der Waals surface area contributed by atoms with E-state index in [1.165, 1.54) is 32.1 Å². The van der Waals surface area contributed by atoms with Crippen LogP contribution in [0.3, 0.4) is 0 Å². The SMILES string of the molecule is COC(=O)C(Cc1ccc(O)cc1)NC(=O)C1CC(=O)N(c2ccc(N3CCCC3)cc2)C1. The maximum Gasteiger partial charge on any atom is 0.328 e. The molecule has 2 atom stereocenters. The Balaban J connectivity index is 1.39. The van der Waals surface area contributed by atoms with E-state index in [-0.39, 0.29) is 37.0 Å². The largest absolute Gasteiger partial charge is 0.508 e. The third-order valence-electron chi connectivity index (χ3n) is 6.31. The van der Waals surface area contributed by atoms with E-state index in [0.29, 0.717) is 0 Å². The number of anilines is 2. The van der Waals surface area contributed by atoms with Gasteiger partial charge in [0.05, 0.1) is 13.0 Å². The Bertz CT molecular complexity index is 1000. The molecule has 0 spiro atoms. The molecule has 2 unspecified atom stereocenters. The van der Waals surface area contributed by atoms with Crippen molar-refractivity contribution in [3.05, 3.63) is 54.1 Å². The number of hydrogen-bond donors (Lipinski definition) is 2. The molecule has 2 aliphatic heterocycles. The molecule has 2 heterocycles. The summed E-state index contributed by atoms with van der Waals surface area (Å²) in [5.74, 6) is -1.46. The summed E-state index contributed by atoms with van der Waals surface area (Å²) in [5.41, 5.74) is 2.69. The van der Waals surface area contributed by atoms with Gasteiger partial charge in [0.25, 0.3) is 0 Å². The third kappa shape index (κ3) is 5.27. The van der Waals surface area contributed by atoms with Gasteiger partial charge in [0.2, 0.25) is 11.8 Å². The molecule has 4 rings (SSSR count). The van der Waals surface area contributed by atoms with E-state index in [9.17, 15) is 19.5 Å². The first-order valence-electron chi connectivity index (χ1n) is 11.3. The van der Waals surface area contributed by atoms with Crippen LogP contribution >= 0.6 is 0 Å². The van der Waals surface area contributed by atoms with Crippen LogP contribution in [-0.2, 0) is 25.5 Å². The van der Waals surface area contributed by atoms with Crippen LogP contribution in [0.15, 0.2) is 48.5 Å². The lowest BCUT2D eigenvalue weighted by Gasteiger charge is -2.21. The number of nitrogens with one attached hydrogen (secondary N) is 1. The van der Waals surface area contributed by atoms with Gasteiger partial charge in [0, 0.05) is 43.9 Å². The topological polar surface area (TPSA) is 99.2 Å². The van der Waals surface area contributed by atoms with E-state index in [2.05, 4.69) is 10.2 Å². The van der Waals surface area contributed by atoms with Crippen molar-refractivity contribution in [2.24, 2.45) is 5.92 Å². The van der Waals surface area contributed by atoms with E-state index in [1.54, 1.807) is 17.0 Å². The van der Waals surface area contributed by atoms with E-state index < -0.39 is 17.9 Å². The highest BCUT2D eigenvalue weighted by atomic mass is 16.5. The fraction of sp³-hybridized carbons (Fsp3) is 0.400. The van der Waals surface area contributed by atoms with Gasteiger partial charge in [0.1, 0.15) is 11.8 Å². The van der Waals surface area contributed by atoms with Crippen molar-refractivity contribution in [2.75, 3.05) is 36.5 Å². The Kier molecular flexibility index (Phi) is 6.82. The van der Waals surface area contributed by atoms with Crippen molar-refractivity contribution < 1.29 is 24.2 Å². The number of ether oxygens (including phenoxy) is 1. The van der Waals surface area contributed by atoms with Gasteiger partial charge in [-0.1, -0.05) is 12.1 Å². The lowest BCUT2D eigenvalue weighted by molar-refractivity contribution is -0.145. The van der Waals surface area contributed by atoms with Crippen molar-refractivity contribution in [2.45, 2.75) is 31.7 Å². The van der Waals surface area contributed by atoms with Crippen LogP contribution in [0.5, 0.6) is 5.75 Å². The highest BCUT2D eigenvalue weighted by Crippen LogP contribution is 2.28. The Morgan fingerprint density at radius 3 is 2.33 bits per heavy atom. The molecule has 0 saturated carbocycles. The molecule has 2 fully saturated rings. The number of carbonyl (C=O) groups is 3. The quantitative estimate of drug-likeness (QED) is 0.627. The van der Waals surface area contributed by atoms with Crippen molar-refractivity contribution in [1.82, 2.24) is 5.32 Å². The predicted molar refractivity (Wildman–Crippen MR) is 124 cm³/mol. The number of phenolic OH excluding ortho intramolecular Hbond substituents is 1. The highest BCUT2D eigenvalue weighted by Gasteiger charge is 2.37. The number of hydrogen-bond acceptors (Lipinski definition) is 6. The molecule has 2 aliphatic rings. The summed E-state index contributed by atoms with van der Waals surface area (Å²) in [5, 5.41) is 12.2. The summed E-state index contributed by atoms with van der Waals surface area (Å²) >= 11 is 0. The lowest BCUT2D eigenvalue weighted by atomic mass is 10.0. The van der Waals surface area contributed by atoms with Gasteiger partial charge >= 0.3 is 5.97 Å². The fourth-order valence-corrected chi connectivity index (χ4v) is 4.44. The number of esters is 1. The normalized spacial score (nSPS) is 18.9. The van der Waals surface area contributed by atoms with Crippen molar-refractivity contribution in [3.8, 4) is 5.75 Å². The summed E-state index contributed by atoms with van der Waals surface area (Å²) in [7, 11) is 1.27. The van der Waals surface area contributed by atoms with E-state index >= 15 is 0 Å². The van der Waals surface area contributed by atoms with E-state index in [1.807, 2.05) is 24.3 Å². The number of rotatable bonds is 7. The molecule has 0 radical (unpaired) electrons. The summed E-state index contributed by atoms with van der Waals surface area (Å²) in [4.78, 5) is 41.8. The van der Waals surface area contributed by atoms with Crippen LogP contribution in [0, 0.1) is 5.92 Å². The summed E-state index contributed by atoms with van der Waals surface area (Å²) in [6, 6.07) is 13.4. The van der Waals surface area contributed by atoms with Gasteiger partial charge in [-0.3, -0.25) is 9.59 Å². The van der Waals surface area contributed by atoms with Gasteiger partial charge < -0.3 is 25.0 Å². The number of methoxy groups -OCH3 is 1. The van der Waals surface area contributed by atoms with Gasteiger partial charge in [0.15, 0.2) is 0 Å². The standard InChI is InChI=1S/C25H29N3O5/c1-33-25(32)22(14-17-4-10-21(29)11-5-17)26-24(31)18-15-23(30)28(16-18)20-8-6-19(7-9-20)27-12-2-3-13-27/h4-11,18,22,29H,2-3,12-16H2,1H3,(H,26,31). The monoisotopic (exact) mass is 451 g/mol. The average Bonchev–Trinajstić information content (AvgIpc) is 3.50. The minimum absolute atomic E-state index is 0.0901. The third-order valence-corrected chi connectivity index (χ3v) is 6.31. The number of carbonyl (C=O) groups excluding carboxylic acids is 3. The van der Waals surface area contributed by atoms with Crippen LogP contribution in [0.2, 0.25) is 0 Å². The zero-order valence-electron chi connectivity index (χ0n) is 18.7. The number of aromatic hydroxyl groups is 1. The van der Waals surface area contributed by atoms with Crippen molar-refractivity contribution in [3.63, 3.8) is 0 Å². The molecule has 2 saturated heterocycles. The second-order valence-corrected chi connectivity index (χ2v) is 8.57. The Labute approximate surface area is 193 Å². The maximum absolute atomic E-state index is 12.9. The second kappa shape index (κ2) is 9.94. The summed E-state index contributed by atoms with van der Waals surface area (Å²) in [6.07, 6.45) is 2.71. The first-order valence-corrected chi connectivity index (χ1v) is 11.3. The molecule has 8 nitrogen and oxygen atoms in total. The Morgan fingerprint density at radius 1 is 1.06 bits per heavy atom. The molecule has 174 valence electrons. The smallest absolute Gasteiger partial charge is 0.328 e. The molecular weight excluding hydrogens is 422 g/mol. The van der Waals surface area contributed by atoms with Crippen LogP contribution in [0.25, 0.3) is 0 Å². The highest BCUT2D eigenvalue weighted by molar-refractivity contribution is 6.01. The molecule has 8 heteroatoms. The van der Waals surface area contributed by atoms with E-state index in [0.717, 1.165) is 30.0 Å². The van der Waals surface area contributed by atoms with Gasteiger partial charge in [-0.25, -0.2) is 4.79 Å². The van der Waals surface area contributed by atoms with E-state index in [4.69, 9.17) is 4.74 Å². The molecule has 0 aliphatic carbocycles. The number of amides is 2. The zero-order chi connectivity index (χ0) is 23.4. The maximum atomic E-state index is 12.9. The van der Waals surface area contributed by atoms with Crippen molar-refractivity contribution in [1.29, 1.82) is 0 Å². The molecule has 2 amide bonds. The zero-order valence-corrected chi connectivity index (χ0v) is 18.7. The first kappa shape index (κ1) is 22.6. The average molecular weight is 452 g/mol. The molecule has 2 N–H and O–H groups in total. The van der Waals surface area contributed by atoms with Crippen LogP contribution in [-0.4, -0.2) is 55.7 Å². The minimum Gasteiger partial charge on any atom is -0.508 e. The number of benzene rings is 2. The minimum atomic E-state index is -0.879. The Morgan fingerprint density at radius 2 is 1.70 bits per heavy atom. The predicted octanol–water partition coefficient (Wildman–Crippen LogP) is 2.25. The van der Waals surface area contributed by atoms with Crippen LogP contribution in [0.1, 0.15) is 24.8 Å². The fourth-order valence-electron chi connectivity index (χ4n) is 4.44. The molecule has 2 aromatic rings. The molecule has 0 bridgehead atoms. The van der Waals surface area contributed by atoms with Crippen LogP contribution < -0.4 is 15.1 Å². The van der Waals surface area contributed by atoms with Gasteiger partial charge in [-0.2, -0.15) is 0 Å². The first-order chi connectivity index (χ1) is 15.9. The van der Waals surface area contributed by atoms with Gasteiger partial charge in [-0.15, -0.1) is 0 Å². The van der Waals surface area contributed by atoms with Crippen molar-refractivity contribution >= 4 is 29.2 Å². The second-order valence-electron chi connectivity index (χ2n) is 8.57. The summed E-state index contributed by atoms with van der Waals surface area (Å²) in [6.45, 7) is 2.37. The Hall–Kier alpha value is -3.55.